The molecule has 1 amide bonds. The van der Waals surface area contributed by atoms with Gasteiger partial charge in [-0.3, -0.25) is 9.69 Å². The number of carbonyl (C=O) groups is 1. The fourth-order valence-corrected chi connectivity index (χ4v) is 3.13. The number of fused-ring (bicyclic) bond motifs is 1. The zero-order valence-corrected chi connectivity index (χ0v) is 15.2. The topological polar surface area (TPSA) is 58.4 Å². The maximum atomic E-state index is 11.8. The summed E-state index contributed by atoms with van der Waals surface area (Å²) in [4.78, 5) is 15.7. The van der Waals surface area contributed by atoms with E-state index in [-0.39, 0.29) is 30.7 Å². The lowest BCUT2D eigenvalue weighted by molar-refractivity contribution is -0.125. The first-order valence-electron chi connectivity index (χ1n) is 6.74. The number of nitrogens with one attached hydrogen (secondary N) is 1. The van der Waals surface area contributed by atoms with Gasteiger partial charge in [0.2, 0.25) is 5.91 Å². The maximum Gasteiger partial charge on any atom is 0.239 e. The molecule has 4 nitrogen and oxygen atoms in total. The second-order valence-electron chi connectivity index (χ2n) is 5.87. The molecule has 2 heterocycles. The van der Waals surface area contributed by atoms with Crippen LogP contribution in [-0.4, -0.2) is 35.5 Å². The van der Waals surface area contributed by atoms with Crippen molar-refractivity contribution in [2.24, 2.45) is 5.73 Å². The fourth-order valence-electron chi connectivity index (χ4n) is 2.24. The Labute approximate surface area is 143 Å². The SMILES string of the molecule is CC(CNC(=O)C(C)(C)N)N1CCc2sccc2C1.Cl.Cl. The molecule has 0 aliphatic carbocycles. The first-order chi connectivity index (χ1) is 8.88. The van der Waals surface area contributed by atoms with E-state index in [0.717, 1.165) is 19.5 Å². The van der Waals surface area contributed by atoms with Gasteiger partial charge in [-0.15, -0.1) is 36.2 Å². The molecule has 21 heavy (non-hydrogen) atoms. The number of hydrogen-bond acceptors (Lipinski definition) is 4. The number of thiophene rings is 1. The standard InChI is InChI=1S/C14H23N3OS.2ClH/c1-10(8-16-13(18)14(2,3)15)17-6-4-12-11(9-17)5-7-19-12;;/h5,7,10H,4,6,8-9,15H2,1-3H3,(H,16,18);2*1H. The summed E-state index contributed by atoms with van der Waals surface area (Å²) < 4.78 is 0. The van der Waals surface area contributed by atoms with Gasteiger partial charge in [0.25, 0.3) is 0 Å². The van der Waals surface area contributed by atoms with Gasteiger partial charge in [-0.25, -0.2) is 0 Å². The summed E-state index contributed by atoms with van der Waals surface area (Å²) in [5.41, 5.74) is 6.40. The Bertz CT molecular complexity index is 459. The van der Waals surface area contributed by atoms with Crippen molar-refractivity contribution < 1.29 is 4.79 Å². The predicted octanol–water partition coefficient (Wildman–Crippen LogP) is 2.19. The van der Waals surface area contributed by atoms with E-state index in [9.17, 15) is 4.79 Å². The van der Waals surface area contributed by atoms with Crippen LogP contribution in [0.15, 0.2) is 11.4 Å². The van der Waals surface area contributed by atoms with Gasteiger partial charge >= 0.3 is 0 Å². The Hall–Kier alpha value is -0.330. The zero-order valence-electron chi connectivity index (χ0n) is 12.7. The Morgan fingerprint density at radius 3 is 2.81 bits per heavy atom. The van der Waals surface area contributed by atoms with E-state index in [0.29, 0.717) is 12.6 Å². The minimum Gasteiger partial charge on any atom is -0.353 e. The zero-order chi connectivity index (χ0) is 14.0. The summed E-state index contributed by atoms with van der Waals surface area (Å²) in [5.74, 6) is -0.0902. The summed E-state index contributed by atoms with van der Waals surface area (Å²) in [6, 6.07) is 2.54. The molecule has 0 aromatic carbocycles. The van der Waals surface area contributed by atoms with E-state index in [1.54, 1.807) is 13.8 Å². The normalized spacial score (nSPS) is 16.2. The van der Waals surface area contributed by atoms with E-state index in [4.69, 9.17) is 5.73 Å². The molecule has 1 aromatic rings. The van der Waals surface area contributed by atoms with Crippen LogP contribution in [0, 0.1) is 0 Å². The van der Waals surface area contributed by atoms with Gasteiger partial charge in [0, 0.05) is 30.6 Å². The first-order valence-corrected chi connectivity index (χ1v) is 7.62. The highest BCUT2D eigenvalue weighted by Gasteiger charge is 2.25. The van der Waals surface area contributed by atoms with Crippen molar-refractivity contribution in [2.75, 3.05) is 13.1 Å². The van der Waals surface area contributed by atoms with Gasteiger partial charge in [0.05, 0.1) is 5.54 Å². The van der Waals surface area contributed by atoms with E-state index in [1.165, 1.54) is 10.4 Å². The van der Waals surface area contributed by atoms with Crippen molar-refractivity contribution in [1.29, 1.82) is 0 Å². The number of rotatable bonds is 4. The molecular weight excluding hydrogens is 329 g/mol. The highest BCUT2D eigenvalue weighted by molar-refractivity contribution is 7.10. The average molecular weight is 354 g/mol. The van der Waals surface area contributed by atoms with Gasteiger partial charge < -0.3 is 11.1 Å². The van der Waals surface area contributed by atoms with Crippen LogP contribution in [0.2, 0.25) is 0 Å². The highest BCUT2D eigenvalue weighted by Crippen LogP contribution is 2.24. The first kappa shape index (κ1) is 20.7. The van der Waals surface area contributed by atoms with Crippen LogP contribution in [0.1, 0.15) is 31.2 Å². The molecule has 1 aliphatic rings. The van der Waals surface area contributed by atoms with E-state index < -0.39 is 5.54 Å². The molecule has 122 valence electrons. The van der Waals surface area contributed by atoms with Gasteiger partial charge in [-0.1, -0.05) is 0 Å². The van der Waals surface area contributed by atoms with Gasteiger partial charge in [0.15, 0.2) is 0 Å². The number of halogens is 2. The molecule has 1 aromatic heterocycles. The molecule has 0 saturated carbocycles. The van der Waals surface area contributed by atoms with Crippen molar-refractivity contribution in [3.8, 4) is 0 Å². The molecule has 0 radical (unpaired) electrons. The van der Waals surface area contributed by atoms with Crippen molar-refractivity contribution in [3.05, 3.63) is 21.9 Å². The Morgan fingerprint density at radius 2 is 2.19 bits per heavy atom. The summed E-state index contributed by atoms with van der Waals surface area (Å²) in [6.45, 7) is 8.32. The van der Waals surface area contributed by atoms with Crippen molar-refractivity contribution in [3.63, 3.8) is 0 Å². The number of nitrogens with zero attached hydrogens (tertiary/aromatic N) is 1. The number of amides is 1. The van der Waals surface area contributed by atoms with Crippen LogP contribution in [-0.2, 0) is 17.8 Å². The summed E-state index contributed by atoms with van der Waals surface area (Å²) in [7, 11) is 0. The smallest absolute Gasteiger partial charge is 0.239 e. The molecular formula is C14H25Cl2N3OS. The minimum atomic E-state index is -0.803. The number of hydrogen-bond donors (Lipinski definition) is 2. The quantitative estimate of drug-likeness (QED) is 0.872. The third kappa shape index (κ3) is 5.42. The second-order valence-corrected chi connectivity index (χ2v) is 6.87. The highest BCUT2D eigenvalue weighted by atomic mass is 35.5. The van der Waals surface area contributed by atoms with Crippen LogP contribution in [0.4, 0.5) is 0 Å². The maximum absolute atomic E-state index is 11.8. The molecule has 1 atom stereocenters. The monoisotopic (exact) mass is 353 g/mol. The molecule has 0 fully saturated rings. The van der Waals surface area contributed by atoms with Crippen LogP contribution in [0.25, 0.3) is 0 Å². The van der Waals surface area contributed by atoms with E-state index >= 15 is 0 Å². The molecule has 1 unspecified atom stereocenters. The van der Waals surface area contributed by atoms with Crippen molar-refractivity contribution in [2.45, 2.75) is 45.3 Å². The van der Waals surface area contributed by atoms with Gasteiger partial charge in [0.1, 0.15) is 0 Å². The van der Waals surface area contributed by atoms with Crippen LogP contribution in [0.5, 0.6) is 0 Å². The molecule has 2 rings (SSSR count). The summed E-state index contributed by atoms with van der Waals surface area (Å²) in [6.07, 6.45) is 1.12. The number of nitrogens with two attached hydrogens (primary N) is 1. The summed E-state index contributed by atoms with van der Waals surface area (Å²) in [5, 5.41) is 5.10. The van der Waals surface area contributed by atoms with Crippen molar-refractivity contribution in [1.82, 2.24) is 10.2 Å². The van der Waals surface area contributed by atoms with Crippen molar-refractivity contribution >= 4 is 42.1 Å². The molecule has 0 saturated heterocycles. The van der Waals surface area contributed by atoms with E-state index in [1.807, 2.05) is 11.3 Å². The van der Waals surface area contributed by atoms with Crippen LogP contribution < -0.4 is 11.1 Å². The Kier molecular flexibility index (Phi) is 8.21. The van der Waals surface area contributed by atoms with Gasteiger partial charge in [-0.05, 0) is 44.2 Å². The molecule has 1 aliphatic heterocycles. The third-order valence-electron chi connectivity index (χ3n) is 3.60. The lowest BCUT2D eigenvalue weighted by Crippen LogP contribution is -2.52. The number of carbonyl (C=O) groups excluding carboxylic acids is 1. The molecule has 0 spiro atoms. The molecule has 7 heteroatoms. The van der Waals surface area contributed by atoms with E-state index in [2.05, 4.69) is 28.6 Å². The third-order valence-corrected chi connectivity index (χ3v) is 4.63. The van der Waals surface area contributed by atoms with Crippen LogP contribution >= 0.6 is 36.2 Å². The summed E-state index contributed by atoms with van der Waals surface area (Å²) >= 11 is 1.85. The van der Waals surface area contributed by atoms with Gasteiger partial charge in [-0.2, -0.15) is 0 Å². The molecule has 0 bridgehead atoms. The Balaban J connectivity index is 0.00000200. The second kappa shape index (κ2) is 8.34. The minimum absolute atomic E-state index is 0. The lowest BCUT2D eigenvalue weighted by atomic mass is 10.1. The Morgan fingerprint density at radius 1 is 1.52 bits per heavy atom. The lowest BCUT2D eigenvalue weighted by Gasteiger charge is -2.33. The fraction of sp³-hybridized carbons (Fsp3) is 0.643. The predicted molar refractivity (Wildman–Crippen MR) is 93.7 cm³/mol. The van der Waals surface area contributed by atoms with Crippen LogP contribution in [0.3, 0.4) is 0 Å². The largest absolute Gasteiger partial charge is 0.353 e. The molecule has 3 N–H and O–H groups in total. The average Bonchev–Trinajstić information content (AvgIpc) is 2.81.